The van der Waals surface area contributed by atoms with Crippen molar-refractivity contribution in [2.75, 3.05) is 0 Å². The van der Waals surface area contributed by atoms with E-state index in [4.69, 9.17) is 5.11 Å². The molecule has 0 saturated heterocycles. The van der Waals surface area contributed by atoms with Crippen LogP contribution in [0.5, 0.6) is 0 Å². The van der Waals surface area contributed by atoms with E-state index in [1.54, 1.807) is 18.5 Å². The van der Waals surface area contributed by atoms with Gasteiger partial charge in [0.15, 0.2) is 0 Å². The van der Waals surface area contributed by atoms with Gasteiger partial charge in [-0.2, -0.15) is 0 Å². The van der Waals surface area contributed by atoms with E-state index in [2.05, 4.69) is 10.3 Å². The molecule has 1 amide bonds. The second-order valence-electron chi connectivity index (χ2n) is 4.57. The third-order valence-corrected chi connectivity index (χ3v) is 3.28. The van der Waals surface area contributed by atoms with E-state index in [0.717, 1.165) is 5.56 Å². The number of hydrogen-bond acceptors (Lipinski definition) is 3. The Morgan fingerprint density at radius 1 is 1.32 bits per heavy atom. The fourth-order valence-electron chi connectivity index (χ4n) is 2.20. The van der Waals surface area contributed by atoms with Gasteiger partial charge >= 0.3 is 5.97 Å². The van der Waals surface area contributed by atoms with E-state index < -0.39 is 17.8 Å². The Bertz CT molecular complexity index is 485. The van der Waals surface area contributed by atoms with E-state index in [0.29, 0.717) is 19.4 Å². The molecular formula is C14H16N2O3. The molecule has 100 valence electrons. The van der Waals surface area contributed by atoms with Crippen molar-refractivity contribution < 1.29 is 14.7 Å². The smallest absolute Gasteiger partial charge is 0.307 e. The quantitative estimate of drug-likeness (QED) is 0.801. The minimum absolute atomic E-state index is 0.208. The van der Waals surface area contributed by atoms with E-state index in [-0.39, 0.29) is 5.91 Å². The Morgan fingerprint density at radius 2 is 2.05 bits per heavy atom. The van der Waals surface area contributed by atoms with Crippen LogP contribution in [-0.4, -0.2) is 22.0 Å². The van der Waals surface area contributed by atoms with Crippen molar-refractivity contribution in [1.82, 2.24) is 10.3 Å². The molecule has 2 rings (SSSR count). The molecule has 1 heterocycles. The third kappa shape index (κ3) is 3.40. The van der Waals surface area contributed by atoms with Crippen LogP contribution in [0.2, 0.25) is 0 Å². The van der Waals surface area contributed by atoms with Gasteiger partial charge < -0.3 is 10.4 Å². The second kappa shape index (κ2) is 6.13. The minimum atomic E-state index is -0.911. The fourth-order valence-corrected chi connectivity index (χ4v) is 2.20. The summed E-state index contributed by atoms with van der Waals surface area (Å²) in [5.41, 5.74) is 0.897. The molecule has 2 atom stereocenters. The van der Waals surface area contributed by atoms with E-state index in [1.807, 2.05) is 18.2 Å². The second-order valence-corrected chi connectivity index (χ2v) is 4.57. The van der Waals surface area contributed by atoms with Crippen molar-refractivity contribution in [2.45, 2.75) is 19.4 Å². The summed E-state index contributed by atoms with van der Waals surface area (Å²) in [7, 11) is 0. The molecule has 19 heavy (non-hydrogen) atoms. The highest BCUT2D eigenvalue weighted by Crippen LogP contribution is 2.26. The Morgan fingerprint density at radius 3 is 2.68 bits per heavy atom. The Labute approximate surface area is 111 Å². The third-order valence-electron chi connectivity index (χ3n) is 3.28. The summed E-state index contributed by atoms with van der Waals surface area (Å²) in [5.74, 6) is -2.23. The van der Waals surface area contributed by atoms with Crippen LogP contribution in [0.3, 0.4) is 0 Å². The molecule has 0 bridgehead atoms. The van der Waals surface area contributed by atoms with E-state index >= 15 is 0 Å². The van der Waals surface area contributed by atoms with Gasteiger partial charge in [-0.3, -0.25) is 14.6 Å². The van der Waals surface area contributed by atoms with Crippen LogP contribution in [0.4, 0.5) is 0 Å². The van der Waals surface area contributed by atoms with Crippen LogP contribution in [0.25, 0.3) is 0 Å². The number of aliphatic carboxylic acids is 1. The Hall–Kier alpha value is -2.17. The zero-order valence-electron chi connectivity index (χ0n) is 10.5. The average molecular weight is 260 g/mol. The molecule has 0 aliphatic heterocycles. The molecule has 0 aromatic carbocycles. The molecule has 1 aromatic heterocycles. The number of hydrogen-bond donors (Lipinski definition) is 2. The Kier molecular flexibility index (Phi) is 4.28. The predicted octanol–water partition coefficient (Wildman–Crippen LogP) is 1.36. The number of allylic oxidation sites excluding steroid dienone is 2. The van der Waals surface area contributed by atoms with Crippen molar-refractivity contribution >= 4 is 11.9 Å². The monoisotopic (exact) mass is 260 g/mol. The van der Waals surface area contributed by atoms with E-state index in [9.17, 15) is 9.59 Å². The molecule has 0 unspecified atom stereocenters. The number of carbonyl (C=O) groups excluding carboxylic acids is 1. The van der Waals surface area contributed by atoms with Crippen LogP contribution >= 0.6 is 0 Å². The molecule has 5 heteroatoms. The van der Waals surface area contributed by atoms with Gasteiger partial charge in [0.1, 0.15) is 0 Å². The first-order valence-electron chi connectivity index (χ1n) is 6.23. The molecular weight excluding hydrogens is 244 g/mol. The largest absolute Gasteiger partial charge is 0.481 e. The van der Waals surface area contributed by atoms with Crippen LogP contribution < -0.4 is 5.32 Å². The maximum atomic E-state index is 12.1. The topological polar surface area (TPSA) is 79.3 Å². The van der Waals surface area contributed by atoms with Crippen LogP contribution in [0.1, 0.15) is 18.4 Å². The lowest BCUT2D eigenvalue weighted by molar-refractivity contribution is -0.147. The molecule has 0 radical (unpaired) electrons. The standard InChI is InChI=1S/C14H16N2O3/c17-13(16-9-10-4-3-7-15-8-10)11-5-1-2-6-12(11)14(18)19/h1-4,7-8,11-12H,5-6,9H2,(H,16,17)(H,18,19)/t11-,12+/m1/s1. The summed E-state index contributed by atoms with van der Waals surface area (Å²) in [6, 6.07) is 3.66. The first-order valence-corrected chi connectivity index (χ1v) is 6.23. The highest BCUT2D eigenvalue weighted by atomic mass is 16.4. The van der Waals surface area contributed by atoms with Gasteiger partial charge in [-0.15, -0.1) is 0 Å². The summed E-state index contributed by atoms with van der Waals surface area (Å²) in [5, 5.41) is 11.9. The number of nitrogens with zero attached hydrogens (tertiary/aromatic N) is 1. The highest BCUT2D eigenvalue weighted by Gasteiger charge is 2.33. The van der Waals surface area contributed by atoms with Gasteiger partial charge in [-0.25, -0.2) is 0 Å². The van der Waals surface area contributed by atoms with Crippen LogP contribution in [-0.2, 0) is 16.1 Å². The molecule has 5 nitrogen and oxygen atoms in total. The Balaban J connectivity index is 1.95. The van der Waals surface area contributed by atoms with Crippen LogP contribution in [0, 0.1) is 11.8 Å². The molecule has 0 fully saturated rings. The number of carboxylic acid groups (broad SMARTS) is 1. The van der Waals surface area contributed by atoms with Crippen molar-refractivity contribution in [3.05, 3.63) is 42.2 Å². The van der Waals surface area contributed by atoms with Gasteiger partial charge in [-0.05, 0) is 24.5 Å². The normalized spacial score (nSPS) is 21.9. The minimum Gasteiger partial charge on any atom is -0.481 e. The number of carbonyl (C=O) groups is 2. The first-order chi connectivity index (χ1) is 9.18. The molecule has 2 N–H and O–H groups in total. The molecule has 0 saturated carbocycles. The lowest BCUT2D eigenvalue weighted by Gasteiger charge is -2.24. The maximum absolute atomic E-state index is 12.1. The molecule has 0 spiro atoms. The van der Waals surface area contributed by atoms with Crippen molar-refractivity contribution in [2.24, 2.45) is 11.8 Å². The number of amides is 1. The summed E-state index contributed by atoms with van der Waals surface area (Å²) in [6.45, 7) is 0.374. The van der Waals surface area contributed by atoms with Gasteiger partial charge in [-0.1, -0.05) is 18.2 Å². The van der Waals surface area contributed by atoms with Gasteiger partial charge in [0.25, 0.3) is 0 Å². The summed E-state index contributed by atoms with van der Waals surface area (Å²) >= 11 is 0. The van der Waals surface area contributed by atoms with Crippen LogP contribution in [0.15, 0.2) is 36.7 Å². The zero-order valence-corrected chi connectivity index (χ0v) is 10.5. The van der Waals surface area contributed by atoms with Crippen molar-refractivity contribution in [3.8, 4) is 0 Å². The molecule has 1 aliphatic rings. The molecule has 1 aliphatic carbocycles. The summed E-state index contributed by atoms with van der Waals surface area (Å²) in [6.07, 6.45) is 7.93. The number of pyridine rings is 1. The van der Waals surface area contributed by atoms with Gasteiger partial charge in [0.05, 0.1) is 11.8 Å². The summed E-state index contributed by atoms with van der Waals surface area (Å²) in [4.78, 5) is 27.1. The number of carboxylic acids is 1. The SMILES string of the molecule is O=C(O)[C@H]1CC=CC[C@H]1C(=O)NCc1cccnc1. The highest BCUT2D eigenvalue weighted by molar-refractivity contribution is 5.85. The maximum Gasteiger partial charge on any atom is 0.307 e. The van der Waals surface area contributed by atoms with E-state index in [1.165, 1.54) is 0 Å². The fraction of sp³-hybridized carbons (Fsp3) is 0.357. The lowest BCUT2D eigenvalue weighted by Crippen LogP contribution is -2.38. The number of rotatable bonds is 4. The molecule has 1 aromatic rings. The zero-order chi connectivity index (χ0) is 13.7. The number of aromatic nitrogens is 1. The van der Waals surface area contributed by atoms with Gasteiger partial charge in [0.2, 0.25) is 5.91 Å². The average Bonchev–Trinajstić information content (AvgIpc) is 2.46. The summed E-state index contributed by atoms with van der Waals surface area (Å²) < 4.78 is 0. The lowest BCUT2D eigenvalue weighted by atomic mass is 9.82. The van der Waals surface area contributed by atoms with Gasteiger partial charge in [0, 0.05) is 18.9 Å². The van der Waals surface area contributed by atoms with Crippen molar-refractivity contribution in [1.29, 1.82) is 0 Å². The van der Waals surface area contributed by atoms with Crippen molar-refractivity contribution in [3.63, 3.8) is 0 Å². The first kappa shape index (κ1) is 13.3. The predicted molar refractivity (Wildman–Crippen MR) is 69.1 cm³/mol. The number of nitrogens with one attached hydrogen (secondary N) is 1.